The summed E-state index contributed by atoms with van der Waals surface area (Å²) in [6.07, 6.45) is 15.8. The standard InChI is InChI=1S/3C10H14O2.C5H8O2.CH4O.CH2O/c3*11-10-9-7-3-1-6(2-4-7)8(9)5-12-10;1-4(2)5(6)7-3;2*1-2/h3*6-9H,1-5H2;1H2,2-3H3;2H,1H3;1H2. The molecule has 264 valence electrons. The number of methoxy groups -OCH3 is 1. The lowest BCUT2D eigenvalue weighted by Crippen LogP contribution is -2.40. The highest BCUT2D eigenvalue weighted by atomic mass is 16.5. The molecule has 12 aliphatic rings. The lowest BCUT2D eigenvalue weighted by molar-refractivity contribution is -0.144. The van der Waals surface area contributed by atoms with Crippen LogP contribution in [0.5, 0.6) is 0 Å². The molecule has 0 radical (unpaired) electrons. The van der Waals surface area contributed by atoms with E-state index >= 15 is 0 Å². The Kier molecular flexibility index (Phi) is 13.5. The molecule has 12 fully saturated rings. The molecule has 6 bridgehead atoms. The molecule has 10 nitrogen and oxygen atoms in total. The van der Waals surface area contributed by atoms with Crippen LogP contribution in [0.2, 0.25) is 0 Å². The molecular weight excluding hydrogens is 604 g/mol. The fraction of sp³-hybridized carbons (Fsp3) is 0.811. The molecule has 6 unspecified atom stereocenters. The molecule has 0 aromatic rings. The van der Waals surface area contributed by atoms with Crippen molar-refractivity contribution >= 4 is 30.7 Å². The van der Waals surface area contributed by atoms with E-state index in [1.54, 1.807) is 6.92 Å². The van der Waals surface area contributed by atoms with Gasteiger partial charge in [-0.1, -0.05) is 6.58 Å². The first-order chi connectivity index (χ1) is 22.8. The van der Waals surface area contributed by atoms with Crippen LogP contribution in [0.4, 0.5) is 0 Å². The van der Waals surface area contributed by atoms with Crippen LogP contribution in [0.3, 0.4) is 0 Å². The van der Waals surface area contributed by atoms with Gasteiger partial charge in [0.2, 0.25) is 0 Å². The van der Waals surface area contributed by atoms with E-state index in [-0.39, 0.29) is 23.9 Å². The number of rotatable bonds is 1. The van der Waals surface area contributed by atoms with Gasteiger partial charge >= 0.3 is 23.9 Å². The number of carbonyl (C=O) groups excluding carboxylic acids is 5. The Balaban J connectivity index is 0.000000139. The fourth-order valence-electron chi connectivity index (χ4n) is 10.5. The van der Waals surface area contributed by atoms with Gasteiger partial charge in [-0.15, -0.1) is 0 Å². The van der Waals surface area contributed by atoms with Gasteiger partial charge in [0.05, 0.1) is 44.7 Å². The Morgan fingerprint density at radius 2 is 0.809 bits per heavy atom. The summed E-state index contributed by atoms with van der Waals surface area (Å²) in [6.45, 7) is 9.13. The van der Waals surface area contributed by atoms with Crippen molar-refractivity contribution in [2.45, 2.75) is 84.0 Å². The molecular formula is C37H56O10. The third-order valence-corrected chi connectivity index (χ3v) is 12.8. The molecule has 3 heterocycles. The van der Waals surface area contributed by atoms with Crippen LogP contribution in [-0.4, -0.2) is 69.8 Å². The summed E-state index contributed by atoms with van der Waals surface area (Å²) in [5.41, 5.74) is 0.433. The molecule has 6 atom stereocenters. The summed E-state index contributed by atoms with van der Waals surface area (Å²) in [4.78, 5) is 52.3. The van der Waals surface area contributed by atoms with E-state index in [9.17, 15) is 19.2 Å². The quantitative estimate of drug-likeness (QED) is 0.233. The molecule has 47 heavy (non-hydrogen) atoms. The third-order valence-electron chi connectivity index (χ3n) is 12.8. The Hall–Kier alpha value is -2.75. The van der Waals surface area contributed by atoms with Crippen LogP contribution in [0.15, 0.2) is 12.2 Å². The molecule has 0 amide bonds. The van der Waals surface area contributed by atoms with Crippen molar-refractivity contribution in [1.82, 2.24) is 0 Å². The van der Waals surface area contributed by atoms with Crippen molar-refractivity contribution in [2.24, 2.45) is 71.0 Å². The van der Waals surface area contributed by atoms with E-state index in [0.29, 0.717) is 58.8 Å². The molecule has 3 aliphatic heterocycles. The Labute approximate surface area is 279 Å². The number of aliphatic hydroxyl groups excluding tert-OH is 1. The first-order valence-corrected chi connectivity index (χ1v) is 17.7. The molecule has 10 heteroatoms. The third kappa shape index (κ3) is 7.94. The monoisotopic (exact) mass is 660 g/mol. The van der Waals surface area contributed by atoms with Crippen molar-refractivity contribution in [3.63, 3.8) is 0 Å². The SMILES string of the molecule is C=C(C)C(=O)OC.C=O.CO.O=C1OCC2C3CCC(CC3)C12.O=C1OCC2C3CCC(CC3)C12.O=C1OCC2C3CCC(CC3)C12. The van der Waals surface area contributed by atoms with E-state index in [1.807, 2.05) is 6.79 Å². The minimum atomic E-state index is -0.347. The number of cyclic esters (lactones) is 3. The summed E-state index contributed by atoms with van der Waals surface area (Å²) in [6, 6.07) is 0. The van der Waals surface area contributed by atoms with Crippen molar-refractivity contribution < 1.29 is 48.0 Å². The summed E-state index contributed by atoms with van der Waals surface area (Å²) in [5.74, 6) is 7.15. The van der Waals surface area contributed by atoms with Gasteiger partial charge in [-0.2, -0.15) is 0 Å². The lowest BCUT2D eigenvalue weighted by Gasteiger charge is -2.42. The van der Waals surface area contributed by atoms with Crippen molar-refractivity contribution in [2.75, 3.05) is 34.0 Å². The van der Waals surface area contributed by atoms with Crippen molar-refractivity contribution in [3.8, 4) is 0 Å². The number of carbonyl (C=O) groups is 5. The summed E-state index contributed by atoms with van der Waals surface area (Å²) in [7, 11) is 2.33. The molecule has 3 saturated heterocycles. The number of aliphatic hydroxyl groups is 1. The Morgan fingerprint density at radius 1 is 0.574 bits per heavy atom. The second kappa shape index (κ2) is 17.1. The zero-order chi connectivity index (χ0) is 34.2. The predicted octanol–water partition coefficient (Wildman–Crippen LogP) is 4.95. The topological polar surface area (TPSA) is 143 Å². The Morgan fingerprint density at radius 3 is 0.979 bits per heavy atom. The molecule has 0 spiro atoms. The smallest absolute Gasteiger partial charge is 0.332 e. The normalized spacial score (nSPS) is 40.0. The molecule has 0 aromatic heterocycles. The highest BCUT2D eigenvalue weighted by Crippen LogP contribution is 2.53. The summed E-state index contributed by atoms with van der Waals surface area (Å²) < 4.78 is 19.7. The second-order valence-electron chi connectivity index (χ2n) is 14.8. The predicted molar refractivity (Wildman–Crippen MR) is 172 cm³/mol. The zero-order valence-electron chi connectivity index (χ0n) is 28.6. The highest BCUT2D eigenvalue weighted by Gasteiger charge is 2.53. The maximum Gasteiger partial charge on any atom is 0.332 e. The lowest BCUT2D eigenvalue weighted by atomic mass is 9.60. The zero-order valence-corrected chi connectivity index (χ0v) is 28.6. The van der Waals surface area contributed by atoms with Gasteiger partial charge in [-0.3, -0.25) is 14.4 Å². The van der Waals surface area contributed by atoms with Crippen LogP contribution in [0.1, 0.15) is 84.0 Å². The van der Waals surface area contributed by atoms with Crippen LogP contribution >= 0.6 is 0 Å². The van der Waals surface area contributed by atoms with Crippen LogP contribution in [0, 0.1) is 71.0 Å². The van der Waals surface area contributed by atoms with Crippen molar-refractivity contribution in [1.29, 1.82) is 0 Å². The second-order valence-corrected chi connectivity index (χ2v) is 14.8. The minimum Gasteiger partial charge on any atom is -0.466 e. The Bertz CT molecular complexity index is 982. The summed E-state index contributed by atoms with van der Waals surface area (Å²) >= 11 is 0. The van der Waals surface area contributed by atoms with E-state index in [4.69, 9.17) is 24.1 Å². The molecule has 9 aliphatic carbocycles. The van der Waals surface area contributed by atoms with E-state index in [1.165, 1.54) is 84.2 Å². The largest absolute Gasteiger partial charge is 0.466 e. The van der Waals surface area contributed by atoms with Crippen LogP contribution in [-0.2, 0) is 42.9 Å². The fourth-order valence-corrected chi connectivity index (χ4v) is 10.5. The average Bonchev–Trinajstić information content (AvgIpc) is 3.88. The van der Waals surface area contributed by atoms with Crippen LogP contribution < -0.4 is 0 Å². The van der Waals surface area contributed by atoms with Crippen molar-refractivity contribution in [3.05, 3.63) is 12.2 Å². The highest BCUT2D eigenvalue weighted by molar-refractivity contribution is 5.86. The van der Waals surface area contributed by atoms with Gasteiger partial charge in [0, 0.05) is 30.4 Å². The van der Waals surface area contributed by atoms with Gasteiger partial charge in [-0.05, 0) is 119 Å². The average molecular weight is 661 g/mol. The first kappa shape index (κ1) is 37.1. The van der Waals surface area contributed by atoms with E-state index in [0.717, 1.165) is 44.7 Å². The van der Waals surface area contributed by atoms with Gasteiger partial charge in [0.25, 0.3) is 0 Å². The maximum atomic E-state index is 11.4. The maximum absolute atomic E-state index is 11.4. The molecule has 12 rings (SSSR count). The molecule has 1 N–H and O–H groups in total. The van der Waals surface area contributed by atoms with E-state index < -0.39 is 0 Å². The van der Waals surface area contributed by atoms with Gasteiger partial charge in [0.1, 0.15) is 6.79 Å². The summed E-state index contributed by atoms with van der Waals surface area (Å²) in [5, 5.41) is 7.00. The number of hydrogen-bond donors (Lipinski definition) is 1. The molecule has 9 saturated carbocycles. The van der Waals surface area contributed by atoms with Gasteiger partial charge in [-0.25, -0.2) is 4.79 Å². The van der Waals surface area contributed by atoms with Gasteiger partial charge < -0.3 is 28.8 Å². The molecule has 0 aromatic carbocycles. The first-order valence-electron chi connectivity index (χ1n) is 17.7. The minimum absolute atomic E-state index is 0.106. The number of fused-ring (bicyclic) bond motifs is 6. The number of esters is 4. The number of hydrogen-bond acceptors (Lipinski definition) is 10. The van der Waals surface area contributed by atoms with Gasteiger partial charge in [0.15, 0.2) is 0 Å². The number of ether oxygens (including phenoxy) is 4. The van der Waals surface area contributed by atoms with E-state index in [2.05, 4.69) is 11.3 Å². The van der Waals surface area contributed by atoms with Crippen LogP contribution in [0.25, 0.3) is 0 Å².